The average Bonchev–Trinajstić information content (AvgIpc) is 3.64. The van der Waals surface area contributed by atoms with Crippen LogP contribution in [0.3, 0.4) is 0 Å². The van der Waals surface area contributed by atoms with E-state index in [4.69, 9.17) is 52.2 Å². The molecule has 266 valence electrons. The fourth-order valence-corrected chi connectivity index (χ4v) is 5.17. The van der Waals surface area contributed by atoms with Gasteiger partial charge in [-0.1, -0.05) is 13.8 Å². The molecule has 4 rings (SSSR count). The second-order valence-electron chi connectivity index (χ2n) is 11.1. The van der Waals surface area contributed by atoms with E-state index >= 15 is 0 Å². The number of nitrogens with two attached hydrogens (primary N) is 3. The molecule has 16 N–H and O–H groups in total. The molecule has 0 aromatic heterocycles. The van der Waals surface area contributed by atoms with Crippen molar-refractivity contribution in [1.82, 2.24) is 10.6 Å². The van der Waals surface area contributed by atoms with Crippen LogP contribution in [-0.4, -0.2) is 159 Å². The molecule has 0 radical (unpaired) electrons. The number of aliphatic imine (C=N–C) groups is 1. The number of hydrogen-bond acceptors (Lipinski definition) is 15. The Morgan fingerprint density at radius 2 is 1.67 bits per heavy atom. The molecule has 18 heteroatoms. The Balaban J connectivity index is 0.000000655. The summed E-state index contributed by atoms with van der Waals surface area (Å²) in [4.78, 5) is 16.3. The summed E-state index contributed by atoms with van der Waals surface area (Å²) >= 11 is 0. The molecule has 2 saturated heterocycles. The molecule has 0 spiro atoms. The summed E-state index contributed by atoms with van der Waals surface area (Å²) < 4.78 is 16.3. The molecule has 4 fully saturated rings. The molecule has 2 saturated carbocycles. The zero-order chi connectivity index (χ0) is 34.3. The first-order valence-corrected chi connectivity index (χ1v) is 15.3. The third kappa shape index (κ3) is 13.5. The van der Waals surface area contributed by atoms with Gasteiger partial charge in [-0.05, 0) is 12.8 Å². The fourth-order valence-electron chi connectivity index (χ4n) is 5.17. The van der Waals surface area contributed by atoms with E-state index in [-0.39, 0.29) is 51.0 Å². The van der Waals surface area contributed by atoms with Gasteiger partial charge in [0, 0.05) is 58.0 Å². The maximum atomic E-state index is 12.4. The highest BCUT2D eigenvalue weighted by Gasteiger charge is 2.60. The van der Waals surface area contributed by atoms with Gasteiger partial charge in [-0.3, -0.25) is 4.79 Å². The molecule has 2 aliphatic heterocycles. The minimum Gasteiger partial charge on any atom is -0.400 e. The van der Waals surface area contributed by atoms with Crippen molar-refractivity contribution in [3.8, 4) is 0 Å². The highest BCUT2D eigenvalue weighted by Crippen LogP contribution is 2.39. The molecule has 0 aromatic carbocycles. The fraction of sp³-hybridized carbons (Fsp3) is 0.926. The first-order valence-electron chi connectivity index (χ1n) is 15.3. The third-order valence-corrected chi connectivity index (χ3v) is 7.43. The van der Waals surface area contributed by atoms with Gasteiger partial charge >= 0.3 is 0 Å². The summed E-state index contributed by atoms with van der Waals surface area (Å²) in [5, 5.41) is 79.1. The van der Waals surface area contributed by atoms with Crippen LogP contribution in [0.1, 0.15) is 52.4 Å². The number of aliphatic hydroxyl groups is 8. The summed E-state index contributed by atoms with van der Waals surface area (Å²) in [6.45, 7) is 4.98. The Hall–Kier alpha value is -1.78. The summed E-state index contributed by atoms with van der Waals surface area (Å²) in [7, 11) is 1.00. The number of nitrogens with zero attached hydrogens (tertiary/aromatic N) is 1. The minimum absolute atomic E-state index is 0.00235. The molecule has 0 aromatic rings. The van der Waals surface area contributed by atoms with E-state index in [0.29, 0.717) is 25.9 Å². The number of hydrogen-bond donors (Lipinski definition) is 13. The number of aliphatic hydroxyl groups excluding tert-OH is 7. The zero-order valence-corrected chi connectivity index (χ0v) is 26.3. The molecule has 0 bridgehead atoms. The highest BCUT2D eigenvalue weighted by molar-refractivity contribution is 5.90. The quantitative estimate of drug-likeness (QED) is 0.0626. The Kier molecular flexibility index (Phi) is 18.7. The Morgan fingerprint density at radius 3 is 2.22 bits per heavy atom. The van der Waals surface area contributed by atoms with E-state index in [1.54, 1.807) is 0 Å². The van der Waals surface area contributed by atoms with Crippen LogP contribution in [0.25, 0.3) is 0 Å². The van der Waals surface area contributed by atoms with E-state index in [1.165, 1.54) is 0 Å². The smallest absolute Gasteiger partial charge is 0.254 e. The number of guanidine groups is 1. The van der Waals surface area contributed by atoms with Gasteiger partial charge < -0.3 is 82.9 Å². The van der Waals surface area contributed by atoms with Crippen molar-refractivity contribution in [3.63, 3.8) is 0 Å². The van der Waals surface area contributed by atoms with Crippen molar-refractivity contribution in [2.45, 2.75) is 125 Å². The molecule has 4 aliphatic rings. The molecule has 2 aliphatic carbocycles. The molecule has 1 amide bonds. The normalized spacial score (nSPS) is 38.9. The van der Waals surface area contributed by atoms with Gasteiger partial charge in [-0.2, -0.15) is 0 Å². The van der Waals surface area contributed by atoms with Crippen LogP contribution in [-0.2, 0) is 19.0 Å². The van der Waals surface area contributed by atoms with E-state index < -0.39 is 72.7 Å². The monoisotopic (exact) mass is 656 g/mol. The highest BCUT2D eigenvalue weighted by atomic mass is 16.7. The summed E-state index contributed by atoms with van der Waals surface area (Å²) in [5.74, 6) is -0.802. The topological polar surface area (TPSA) is 321 Å². The van der Waals surface area contributed by atoms with E-state index in [2.05, 4.69) is 20.4 Å². The molecule has 10 unspecified atom stereocenters. The van der Waals surface area contributed by atoms with Gasteiger partial charge in [0.05, 0.1) is 43.7 Å². The predicted molar refractivity (Wildman–Crippen MR) is 161 cm³/mol. The first-order chi connectivity index (χ1) is 21.3. The zero-order valence-electron chi connectivity index (χ0n) is 26.3. The van der Waals surface area contributed by atoms with Crippen molar-refractivity contribution in [2.24, 2.45) is 22.2 Å². The number of ether oxygens (including phenoxy) is 3. The van der Waals surface area contributed by atoms with Crippen molar-refractivity contribution >= 4 is 11.9 Å². The van der Waals surface area contributed by atoms with E-state index in [1.807, 2.05) is 13.8 Å². The Morgan fingerprint density at radius 1 is 1.00 bits per heavy atom. The second-order valence-corrected chi connectivity index (χ2v) is 11.1. The summed E-state index contributed by atoms with van der Waals surface area (Å²) in [6.07, 6.45) is -4.51. The molecule has 2 heterocycles. The van der Waals surface area contributed by atoms with Crippen LogP contribution in [0, 0.1) is 0 Å². The SMILES string of the molecule is CC.CO.NC(N)=NC1CC1(O)C(=O)NC1CC(N)[C@@H](O[C@@H]2CC(O)CC(CNCCO)O2)C(O)C1.OC1COC(O)C(O)C1. The van der Waals surface area contributed by atoms with Crippen LogP contribution in [0.2, 0.25) is 0 Å². The average molecular weight is 657 g/mol. The van der Waals surface area contributed by atoms with Crippen molar-refractivity contribution in [1.29, 1.82) is 0 Å². The predicted octanol–water partition coefficient (Wildman–Crippen LogP) is -5.36. The molecule has 45 heavy (non-hydrogen) atoms. The lowest BCUT2D eigenvalue weighted by Gasteiger charge is -2.41. The van der Waals surface area contributed by atoms with Gasteiger partial charge in [0.15, 0.2) is 24.1 Å². The maximum Gasteiger partial charge on any atom is 0.254 e. The van der Waals surface area contributed by atoms with Gasteiger partial charge in [0.25, 0.3) is 5.91 Å². The largest absolute Gasteiger partial charge is 0.400 e. The lowest BCUT2D eigenvalue weighted by atomic mass is 9.86. The van der Waals surface area contributed by atoms with Crippen molar-refractivity contribution in [3.05, 3.63) is 0 Å². The maximum absolute atomic E-state index is 12.4. The Bertz CT molecular complexity index is 862. The third-order valence-electron chi connectivity index (χ3n) is 7.43. The van der Waals surface area contributed by atoms with Crippen molar-refractivity contribution < 1.29 is 59.9 Å². The van der Waals surface area contributed by atoms with Crippen LogP contribution in [0.4, 0.5) is 0 Å². The molecular formula is C27H56N6O12. The van der Waals surface area contributed by atoms with Crippen LogP contribution in [0.5, 0.6) is 0 Å². The minimum atomic E-state index is -1.66. The Labute approximate surface area is 263 Å². The molecule has 18 nitrogen and oxygen atoms in total. The van der Waals surface area contributed by atoms with Gasteiger partial charge in [-0.25, -0.2) is 4.99 Å². The number of rotatable bonds is 9. The lowest BCUT2D eigenvalue weighted by Crippen LogP contribution is -2.58. The number of carbonyl (C=O) groups excluding carboxylic acids is 1. The van der Waals surface area contributed by atoms with E-state index in [0.717, 1.165) is 7.11 Å². The van der Waals surface area contributed by atoms with Crippen LogP contribution >= 0.6 is 0 Å². The summed E-state index contributed by atoms with van der Waals surface area (Å²) in [5.41, 5.74) is 15.2. The number of carbonyl (C=O) groups is 1. The standard InChI is InChI=1S/C19H36N6O7.C5H10O4.C2H6.CH4O/c20-12-3-9(24-17(29)19(30)7-14(19)25-18(21)22)4-13(28)16(12)32-15-6-10(27)5-11(31-15)8-23-1-2-26;6-3-1-4(7)5(8)9-2-3;2*1-2/h9-16,23,26-28,30H,1-8,20H2,(H,24,29)(H4,21,22,25);3-8H,1-2H2;1-2H3;2H,1H3/t9?,10?,11?,12?,13?,14?,15-,16-,19?;;;/m1.../s1. The van der Waals surface area contributed by atoms with E-state index in [9.17, 15) is 20.1 Å². The number of nitrogens with one attached hydrogen (secondary N) is 2. The van der Waals surface area contributed by atoms with Gasteiger partial charge in [0.1, 0.15) is 12.2 Å². The lowest BCUT2D eigenvalue weighted by molar-refractivity contribution is -0.251. The number of amides is 1. The van der Waals surface area contributed by atoms with Crippen LogP contribution in [0.15, 0.2) is 4.99 Å². The van der Waals surface area contributed by atoms with Crippen LogP contribution < -0.4 is 27.8 Å². The second kappa shape index (κ2) is 20.5. The van der Waals surface area contributed by atoms with Gasteiger partial charge in [-0.15, -0.1) is 0 Å². The summed E-state index contributed by atoms with van der Waals surface area (Å²) in [6, 6.07) is -1.73. The van der Waals surface area contributed by atoms with Gasteiger partial charge in [0.2, 0.25) is 0 Å². The first kappa shape index (κ1) is 41.2. The van der Waals surface area contributed by atoms with Crippen molar-refractivity contribution in [2.75, 3.05) is 33.4 Å². The molecule has 12 atom stereocenters. The molecular weight excluding hydrogens is 600 g/mol.